The van der Waals surface area contributed by atoms with Crippen LogP contribution in [0.5, 0.6) is 11.5 Å². The van der Waals surface area contributed by atoms with Crippen LogP contribution in [0.15, 0.2) is 84.4 Å². The van der Waals surface area contributed by atoms with Crippen LogP contribution in [-0.2, 0) is 20.6 Å². The van der Waals surface area contributed by atoms with E-state index in [0.29, 0.717) is 11.0 Å². The molecule has 8 nitrogen and oxygen atoms in total. The molecule has 0 aromatic heterocycles. The standard InChI is InChI=1S/C28H19F3N2O6/c1-38-23-15-18(10-12-22(23)39-24(34)13-11-17-6-3-2-4-7-17)14-21-25(35)32-27(37)33(26(21)36)20-9-5-8-19(16-20)28(29,30)31/h2-16H,1H3,(H,32,35,37)/b13-11+,21-14+. The fraction of sp³-hybridized carbons (Fsp3) is 0.0714. The zero-order valence-electron chi connectivity index (χ0n) is 20.2. The first-order valence-electron chi connectivity index (χ1n) is 11.3. The van der Waals surface area contributed by atoms with Gasteiger partial charge >= 0.3 is 18.2 Å². The van der Waals surface area contributed by atoms with Gasteiger partial charge in [0.2, 0.25) is 0 Å². The number of hydrogen-bond donors (Lipinski definition) is 1. The summed E-state index contributed by atoms with van der Waals surface area (Å²) in [6.07, 6.45) is -0.777. The summed E-state index contributed by atoms with van der Waals surface area (Å²) in [7, 11) is 1.32. The molecule has 198 valence electrons. The number of imide groups is 2. The number of carbonyl (C=O) groups is 4. The van der Waals surface area contributed by atoms with Gasteiger partial charge in [0, 0.05) is 6.08 Å². The summed E-state index contributed by atoms with van der Waals surface area (Å²) >= 11 is 0. The van der Waals surface area contributed by atoms with Crippen molar-refractivity contribution in [1.29, 1.82) is 0 Å². The molecular formula is C28H19F3N2O6. The molecule has 1 N–H and O–H groups in total. The van der Waals surface area contributed by atoms with Gasteiger partial charge in [-0.25, -0.2) is 14.5 Å². The van der Waals surface area contributed by atoms with Crippen molar-refractivity contribution in [2.24, 2.45) is 0 Å². The Kier molecular flexibility index (Phi) is 7.61. The summed E-state index contributed by atoms with van der Waals surface area (Å²) < 4.78 is 50.0. The number of anilines is 1. The molecule has 1 aliphatic heterocycles. The maximum absolute atomic E-state index is 13.1. The van der Waals surface area contributed by atoms with Crippen LogP contribution in [0.1, 0.15) is 16.7 Å². The molecule has 0 saturated carbocycles. The molecule has 4 amide bonds. The molecule has 3 aromatic carbocycles. The lowest BCUT2D eigenvalue weighted by Crippen LogP contribution is -2.54. The first-order chi connectivity index (χ1) is 18.6. The molecule has 1 saturated heterocycles. The number of alkyl halides is 3. The summed E-state index contributed by atoms with van der Waals surface area (Å²) in [6, 6.07) is 15.6. The lowest BCUT2D eigenvalue weighted by Gasteiger charge is -2.27. The van der Waals surface area contributed by atoms with Crippen LogP contribution in [0.2, 0.25) is 0 Å². The Bertz CT molecular complexity index is 1510. The van der Waals surface area contributed by atoms with E-state index in [9.17, 15) is 32.3 Å². The Morgan fingerprint density at radius 1 is 0.897 bits per heavy atom. The molecular weight excluding hydrogens is 517 g/mol. The van der Waals surface area contributed by atoms with Gasteiger partial charge in [-0.05, 0) is 53.6 Å². The van der Waals surface area contributed by atoms with E-state index in [1.54, 1.807) is 18.2 Å². The summed E-state index contributed by atoms with van der Waals surface area (Å²) in [5, 5.41) is 1.95. The number of esters is 1. The highest BCUT2D eigenvalue weighted by atomic mass is 19.4. The molecule has 0 unspecified atom stereocenters. The van der Waals surface area contributed by atoms with E-state index in [2.05, 4.69) is 0 Å². The Hall–Kier alpha value is -5.19. The molecule has 0 radical (unpaired) electrons. The summed E-state index contributed by atoms with van der Waals surface area (Å²) in [5.41, 5.74) is -0.907. The molecule has 3 aromatic rings. The van der Waals surface area contributed by atoms with Crippen molar-refractivity contribution in [2.75, 3.05) is 12.0 Å². The Morgan fingerprint density at radius 3 is 2.33 bits per heavy atom. The van der Waals surface area contributed by atoms with E-state index in [4.69, 9.17) is 9.47 Å². The van der Waals surface area contributed by atoms with Gasteiger partial charge in [0.15, 0.2) is 11.5 Å². The molecule has 0 aliphatic carbocycles. The van der Waals surface area contributed by atoms with Gasteiger partial charge in [-0.2, -0.15) is 13.2 Å². The lowest BCUT2D eigenvalue weighted by atomic mass is 10.1. The number of halogens is 3. The van der Waals surface area contributed by atoms with Crippen LogP contribution in [0.25, 0.3) is 12.2 Å². The number of carbonyl (C=O) groups excluding carboxylic acids is 4. The smallest absolute Gasteiger partial charge is 0.416 e. The highest BCUT2D eigenvalue weighted by molar-refractivity contribution is 6.39. The second-order valence-corrected chi connectivity index (χ2v) is 8.08. The zero-order valence-corrected chi connectivity index (χ0v) is 20.2. The average Bonchev–Trinajstić information content (AvgIpc) is 2.90. The number of rotatable bonds is 6. The molecule has 0 spiro atoms. The molecule has 4 rings (SSSR count). The minimum Gasteiger partial charge on any atom is -0.493 e. The fourth-order valence-corrected chi connectivity index (χ4v) is 3.61. The van der Waals surface area contributed by atoms with Gasteiger partial charge in [0.1, 0.15) is 5.57 Å². The van der Waals surface area contributed by atoms with Gasteiger partial charge in [0.05, 0.1) is 18.4 Å². The number of benzene rings is 3. The van der Waals surface area contributed by atoms with E-state index in [0.717, 1.165) is 29.8 Å². The van der Waals surface area contributed by atoms with Crippen molar-refractivity contribution in [1.82, 2.24) is 5.32 Å². The first kappa shape index (κ1) is 26.9. The van der Waals surface area contributed by atoms with Crippen LogP contribution in [-0.4, -0.2) is 30.9 Å². The summed E-state index contributed by atoms with van der Waals surface area (Å²) in [6.45, 7) is 0. The topological polar surface area (TPSA) is 102 Å². The quantitative estimate of drug-likeness (QED) is 0.206. The van der Waals surface area contributed by atoms with Crippen molar-refractivity contribution < 1.29 is 41.8 Å². The fourth-order valence-electron chi connectivity index (χ4n) is 3.61. The van der Waals surface area contributed by atoms with Crippen molar-refractivity contribution in [3.63, 3.8) is 0 Å². The minimum absolute atomic E-state index is 0.0579. The van der Waals surface area contributed by atoms with E-state index < -0.39 is 41.1 Å². The molecule has 11 heteroatoms. The lowest BCUT2D eigenvalue weighted by molar-refractivity contribution is -0.137. The van der Waals surface area contributed by atoms with Crippen LogP contribution in [0.4, 0.5) is 23.7 Å². The van der Waals surface area contributed by atoms with E-state index in [-0.39, 0.29) is 22.7 Å². The molecule has 1 fully saturated rings. The van der Waals surface area contributed by atoms with Gasteiger partial charge in [-0.1, -0.05) is 42.5 Å². The number of hydrogen-bond acceptors (Lipinski definition) is 6. The third-order valence-electron chi connectivity index (χ3n) is 5.45. The second kappa shape index (κ2) is 11.1. The summed E-state index contributed by atoms with van der Waals surface area (Å²) in [4.78, 5) is 50.5. The number of barbiturate groups is 1. The zero-order chi connectivity index (χ0) is 28.2. The Morgan fingerprint density at radius 2 is 1.64 bits per heavy atom. The van der Waals surface area contributed by atoms with Crippen LogP contribution < -0.4 is 19.7 Å². The van der Waals surface area contributed by atoms with Crippen molar-refractivity contribution in [3.05, 3.63) is 101 Å². The number of ether oxygens (including phenoxy) is 2. The molecule has 0 bridgehead atoms. The average molecular weight is 536 g/mol. The molecule has 1 heterocycles. The first-order valence-corrected chi connectivity index (χ1v) is 11.3. The number of nitrogens with zero attached hydrogens (tertiary/aromatic N) is 1. The van der Waals surface area contributed by atoms with E-state index >= 15 is 0 Å². The van der Waals surface area contributed by atoms with Crippen molar-refractivity contribution in [3.8, 4) is 11.5 Å². The monoisotopic (exact) mass is 536 g/mol. The molecule has 0 atom stereocenters. The van der Waals surface area contributed by atoms with Gasteiger partial charge < -0.3 is 9.47 Å². The Balaban J connectivity index is 1.58. The largest absolute Gasteiger partial charge is 0.493 e. The van der Waals surface area contributed by atoms with Crippen LogP contribution in [0.3, 0.4) is 0 Å². The number of amides is 4. The predicted molar refractivity (Wildman–Crippen MR) is 135 cm³/mol. The summed E-state index contributed by atoms with van der Waals surface area (Å²) in [5.74, 6) is -2.68. The third kappa shape index (κ3) is 6.21. The maximum atomic E-state index is 13.1. The maximum Gasteiger partial charge on any atom is 0.416 e. The second-order valence-electron chi connectivity index (χ2n) is 8.08. The van der Waals surface area contributed by atoms with Gasteiger partial charge in [-0.15, -0.1) is 0 Å². The van der Waals surface area contributed by atoms with Gasteiger partial charge in [0.25, 0.3) is 11.8 Å². The highest BCUT2D eigenvalue weighted by Gasteiger charge is 2.38. The highest BCUT2D eigenvalue weighted by Crippen LogP contribution is 2.33. The van der Waals surface area contributed by atoms with Crippen molar-refractivity contribution in [2.45, 2.75) is 6.18 Å². The predicted octanol–water partition coefficient (Wildman–Crippen LogP) is 5.00. The SMILES string of the molecule is COc1cc(/C=C2\C(=O)NC(=O)N(c3cccc(C(F)(F)F)c3)C2=O)ccc1OC(=O)/C=C/c1ccccc1. The van der Waals surface area contributed by atoms with E-state index in [1.165, 1.54) is 31.4 Å². The Labute approximate surface area is 219 Å². The number of methoxy groups -OCH3 is 1. The van der Waals surface area contributed by atoms with Gasteiger partial charge in [-0.3, -0.25) is 14.9 Å². The van der Waals surface area contributed by atoms with Crippen LogP contribution >= 0.6 is 0 Å². The number of urea groups is 1. The van der Waals surface area contributed by atoms with Crippen molar-refractivity contribution >= 4 is 41.7 Å². The van der Waals surface area contributed by atoms with Crippen LogP contribution in [0, 0.1) is 0 Å². The molecule has 39 heavy (non-hydrogen) atoms. The molecule has 1 aliphatic rings. The minimum atomic E-state index is -4.71. The van der Waals surface area contributed by atoms with E-state index in [1.807, 2.05) is 23.5 Å². The third-order valence-corrected chi connectivity index (χ3v) is 5.45. The number of nitrogens with one attached hydrogen (secondary N) is 1. The normalized spacial score (nSPS) is 15.0.